The highest BCUT2D eigenvalue weighted by atomic mass is 16.3. The Hall–Kier alpha value is -2.14. The second kappa shape index (κ2) is 5.88. The molecule has 0 bridgehead atoms. The summed E-state index contributed by atoms with van der Waals surface area (Å²) in [6, 6.07) is 6.99. The Morgan fingerprint density at radius 2 is 2.05 bits per heavy atom. The standard InChI is InChI=1S/C15H18N2O3/c1-10(2)17(7-8-18)15(20)12-9-16-13-6-4-3-5-11(13)14(12)19/h3-6,9-10,18H,7-8H2,1-2H3,(H,16,19). The van der Waals surface area contributed by atoms with Crippen molar-refractivity contribution in [1.82, 2.24) is 9.88 Å². The summed E-state index contributed by atoms with van der Waals surface area (Å²) in [5.41, 5.74) is 0.520. The van der Waals surface area contributed by atoms with Gasteiger partial charge in [-0.15, -0.1) is 0 Å². The van der Waals surface area contributed by atoms with E-state index in [9.17, 15) is 9.59 Å². The maximum Gasteiger partial charge on any atom is 0.259 e. The molecule has 5 nitrogen and oxygen atoms in total. The molecule has 0 aliphatic heterocycles. The van der Waals surface area contributed by atoms with Crippen molar-refractivity contribution in [2.75, 3.05) is 13.2 Å². The number of fused-ring (bicyclic) bond motifs is 1. The number of para-hydroxylation sites is 1. The first-order chi connectivity index (χ1) is 9.56. The molecular formula is C15H18N2O3. The van der Waals surface area contributed by atoms with Crippen molar-refractivity contribution in [3.63, 3.8) is 0 Å². The molecule has 0 aliphatic rings. The average molecular weight is 274 g/mol. The van der Waals surface area contributed by atoms with Crippen molar-refractivity contribution in [1.29, 1.82) is 0 Å². The summed E-state index contributed by atoms with van der Waals surface area (Å²) in [5.74, 6) is -0.360. The van der Waals surface area contributed by atoms with E-state index in [0.29, 0.717) is 10.9 Å². The Labute approximate surface area is 116 Å². The molecule has 2 rings (SSSR count). The first-order valence-corrected chi connectivity index (χ1v) is 6.58. The number of rotatable bonds is 4. The van der Waals surface area contributed by atoms with E-state index in [0.717, 1.165) is 0 Å². The fraction of sp³-hybridized carbons (Fsp3) is 0.333. The van der Waals surface area contributed by atoms with Gasteiger partial charge in [0.15, 0.2) is 0 Å². The van der Waals surface area contributed by atoms with E-state index in [4.69, 9.17) is 5.11 Å². The molecule has 5 heteroatoms. The van der Waals surface area contributed by atoms with Gasteiger partial charge in [0.1, 0.15) is 5.56 Å². The Balaban J connectivity index is 2.49. The van der Waals surface area contributed by atoms with Gasteiger partial charge < -0.3 is 15.0 Å². The van der Waals surface area contributed by atoms with Crippen LogP contribution in [0.25, 0.3) is 10.9 Å². The average Bonchev–Trinajstić information content (AvgIpc) is 2.44. The third kappa shape index (κ3) is 2.58. The summed E-state index contributed by atoms with van der Waals surface area (Å²) in [4.78, 5) is 29.3. The molecule has 1 heterocycles. The van der Waals surface area contributed by atoms with Crippen molar-refractivity contribution in [3.05, 3.63) is 46.2 Å². The van der Waals surface area contributed by atoms with E-state index in [2.05, 4.69) is 4.98 Å². The zero-order valence-electron chi connectivity index (χ0n) is 11.6. The lowest BCUT2D eigenvalue weighted by atomic mass is 10.1. The first kappa shape index (κ1) is 14.3. The van der Waals surface area contributed by atoms with E-state index in [-0.39, 0.29) is 36.1 Å². The van der Waals surface area contributed by atoms with Crippen LogP contribution in [0.3, 0.4) is 0 Å². The molecule has 106 valence electrons. The number of carbonyl (C=O) groups excluding carboxylic acids is 1. The molecule has 1 amide bonds. The van der Waals surface area contributed by atoms with Gasteiger partial charge >= 0.3 is 0 Å². The first-order valence-electron chi connectivity index (χ1n) is 6.58. The predicted molar refractivity (Wildman–Crippen MR) is 77.8 cm³/mol. The van der Waals surface area contributed by atoms with E-state index in [1.54, 1.807) is 18.2 Å². The molecule has 2 aromatic rings. The highest BCUT2D eigenvalue weighted by molar-refractivity contribution is 5.97. The minimum absolute atomic E-state index is 0.0829. The van der Waals surface area contributed by atoms with Gasteiger partial charge in [0.05, 0.1) is 6.61 Å². The Morgan fingerprint density at radius 1 is 1.35 bits per heavy atom. The largest absolute Gasteiger partial charge is 0.395 e. The molecule has 0 spiro atoms. The van der Waals surface area contributed by atoms with Crippen LogP contribution < -0.4 is 5.43 Å². The number of nitrogens with one attached hydrogen (secondary N) is 1. The quantitative estimate of drug-likeness (QED) is 0.884. The highest BCUT2D eigenvalue weighted by Crippen LogP contribution is 2.10. The molecule has 0 aliphatic carbocycles. The van der Waals surface area contributed by atoms with Gasteiger partial charge in [-0.25, -0.2) is 0 Å². The normalized spacial score (nSPS) is 11.0. The Bertz CT molecular complexity index is 676. The number of benzene rings is 1. The molecule has 0 atom stereocenters. The predicted octanol–water partition coefficient (Wildman–Crippen LogP) is 1.37. The molecule has 0 saturated carbocycles. The number of carbonyl (C=O) groups is 1. The number of amides is 1. The highest BCUT2D eigenvalue weighted by Gasteiger charge is 2.21. The van der Waals surface area contributed by atoms with Crippen LogP contribution >= 0.6 is 0 Å². The third-order valence-electron chi connectivity index (χ3n) is 3.24. The molecule has 0 unspecified atom stereocenters. The van der Waals surface area contributed by atoms with E-state index in [1.165, 1.54) is 11.1 Å². The van der Waals surface area contributed by atoms with E-state index >= 15 is 0 Å². The van der Waals surface area contributed by atoms with Gasteiger partial charge in [0.2, 0.25) is 5.43 Å². The topological polar surface area (TPSA) is 73.4 Å². The summed E-state index contributed by atoms with van der Waals surface area (Å²) in [6.45, 7) is 3.78. The molecule has 0 radical (unpaired) electrons. The SMILES string of the molecule is CC(C)N(CCO)C(=O)c1c[nH]c2ccccc2c1=O. The smallest absolute Gasteiger partial charge is 0.259 e. The molecule has 1 aromatic heterocycles. The summed E-state index contributed by atoms with van der Waals surface area (Å²) in [7, 11) is 0. The van der Waals surface area contributed by atoms with Crippen molar-refractivity contribution in [2.45, 2.75) is 19.9 Å². The molecule has 1 aromatic carbocycles. The van der Waals surface area contributed by atoms with Crippen LogP contribution in [0.1, 0.15) is 24.2 Å². The lowest BCUT2D eigenvalue weighted by Gasteiger charge is -2.25. The molecule has 20 heavy (non-hydrogen) atoms. The fourth-order valence-corrected chi connectivity index (χ4v) is 2.18. The van der Waals surface area contributed by atoms with Gasteiger partial charge in [-0.1, -0.05) is 12.1 Å². The number of aromatic amines is 1. The molecule has 0 fully saturated rings. The van der Waals surface area contributed by atoms with Crippen molar-refractivity contribution >= 4 is 16.8 Å². The van der Waals surface area contributed by atoms with Crippen LogP contribution in [0.15, 0.2) is 35.3 Å². The third-order valence-corrected chi connectivity index (χ3v) is 3.24. The maximum absolute atomic E-state index is 12.4. The van der Waals surface area contributed by atoms with Crippen LogP contribution in [0.2, 0.25) is 0 Å². The summed E-state index contributed by atoms with van der Waals surface area (Å²) < 4.78 is 0. The van der Waals surface area contributed by atoms with Crippen molar-refractivity contribution in [3.8, 4) is 0 Å². The second-order valence-corrected chi connectivity index (χ2v) is 4.89. The number of aliphatic hydroxyl groups is 1. The summed E-state index contributed by atoms with van der Waals surface area (Å²) >= 11 is 0. The number of nitrogens with zero attached hydrogens (tertiary/aromatic N) is 1. The Morgan fingerprint density at radius 3 is 2.70 bits per heavy atom. The number of hydrogen-bond acceptors (Lipinski definition) is 3. The van der Waals surface area contributed by atoms with Gasteiger partial charge in [-0.05, 0) is 26.0 Å². The maximum atomic E-state index is 12.4. The number of H-pyrrole nitrogens is 1. The lowest BCUT2D eigenvalue weighted by Crippen LogP contribution is -2.41. The summed E-state index contributed by atoms with van der Waals surface area (Å²) in [6.07, 6.45) is 1.44. The van der Waals surface area contributed by atoms with E-state index < -0.39 is 0 Å². The molecular weight excluding hydrogens is 256 g/mol. The van der Waals surface area contributed by atoms with Crippen LogP contribution in [-0.2, 0) is 0 Å². The monoisotopic (exact) mass is 274 g/mol. The van der Waals surface area contributed by atoms with Crippen LogP contribution in [0.5, 0.6) is 0 Å². The molecule has 2 N–H and O–H groups in total. The van der Waals surface area contributed by atoms with Gasteiger partial charge in [0.25, 0.3) is 5.91 Å². The van der Waals surface area contributed by atoms with Gasteiger partial charge in [0, 0.05) is 29.7 Å². The zero-order chi connectivity index (χ0) is 14.7. The van der Waals surface area contributed by atoms with Crippen LogP contribution in [0.4, 0.5) is 0 Å². The number of aliphatic hydroxyl groups excluding tert-OH is 1. The second-order valence-electron chi connectivity index (χ2n) is 4.89. The lowest BCUT2D eigenvalue weighted by molar-refractivity contribution is 0.0664. The van der Waals surface area contributed by atoms with Crippen LogP contribution in [0, 0.1) is 0 Å². The number of pyridine rings is 1. The van der Waals surface area contributed by atoms with Crippen LogP contribution in [-0.4, -0.2) is 40.1 Å². The Kier molecular flexibility index (Phi) is 4.20. The zero-order valence-corrected chi connectivity index (χ0v) is 11.6. The number of aromatic nitrogens is 1. The van der Waals surface area contributed by atoms with E-state index in [1.807, 2.05) is 19.9 Å². The van der Waals surface area contributed by atoms with Gasteiger partial charge in [-0.3, -0.25) is 9.59 Å². The number of hydrogen-bond donors (Lipinski definition) is 2. The fourth-order valence-electron chi connectivity index (χ4n) is 2.18. The minimum atomic E-state index is -0.360. The van der Waals surface area contributed by atoms with Crippen molar-refractivity contribution in [2.24, 2.45) is 0 Å². The minimum Gasteiger partial charge on any atom is -0.395 e. The summed E-state index contributed by atoms with van der Waals surface area (Å²) in [5, 5.41) is 9.53. The van der Waals surface area contributed by atoms with Crippen molar-refractivity contribution < 1.29 is 9.90 Å². The van der Waals surface area contributed by atoms with Gasteiger partial charge in [-0.2, -0.15) is 0 Å². The molecule has 0 saturated heterocycles.